The summed E-state index contributed by atoms with van der Waals surface area (Å²) in [6, 6.07) is 1.42. The monoisotopic (exact) mass is 342 g/mol. The highest BCUT2D eigenvalue weighted by Crippen LogP contribution is 2.35. The van der Waals surface area contributed by atoms with E-state index >= 15 is 0 Å². The van der Waals surface area contributed by atoms with Gasteiger partial charge in [0.1, 0.15) is 11.6 Å². The maximum absolute atomic E-state index is 13.6. The van der Waals surface area contributed by atoms with Crippen LogP contribution in [0.5, 0.6) is 0 Å². The molecule has 1 heterocycles. The van der Waals surface area contributed by atoms with Gasteiger partial charge in [-0.15, -0.1) is 11.6 Å². The fraction of sp³-hybridized carbons (Fsp3) is 0.462. The Morgan fingerprint density at radius 1 is 1.29 bits per heavy atom. The lowest BCUT2D eigenvalue weighted by Crippen LogP contribution is -2.18. The van der Waals surface area contributed by atoms with Crippen LogP contribution in [0.2, 0.25) is 5.02 Å². The summed E-state index contributed by atoms with van der Waals surface area (Å²) in [4.78, 5) is 4.18. The molecule has 116 valence electrons. The zero-order valence-electron chi connectivity index (χ0n) is 11.2. The standard InChI is InChI=1S/C13H12Cl2F4N2/c1-6(5-13(17,18)19)21-11-4-9(16)8(15)3-10(11)20-12(21)7(2)14/h3-4,6-7H,5H2,1-2H3. The van der Waals surface area contributed by atoms with Crippen molar-refractivity contribution in [3.05, 3.63) is 28.8 Å². The predicted molar refractivity (Wildman–Crippen MR) is 74.4 cm³/mol. The Morgan fingerprint density at radius 2 is 1.90 bits per heavy atom. The van der Waals surface area contributed by atoms with Crippen molar-refractivity contribution in [3.63, 3.8) is 0 Å². The quantitative estimate of drug-likeness (QED) is 0.521. The normalized spacial score (nSPS) is 15.4. The molecule has 1 aromatic heterocycles. The van der Waals surface area contributed by atoms with E-state index in [4.69, 9.17) is 23.2 Å². The van der Waals surface area contributed by atoms with Crippen LogP contribution in [0.4, 0.5) is 17.6 Å². The third-order valence-corrected chi connectivity index (χ3v) is 3.57. The van der Waals surface area contributed by atoms with E-state index in [1.54, 1.807) is 6.92 Å². The molecule has 0 radical (unpaired) electrons. The minimum Gasteiger partial charge on any atom is -0.323 e. The molecule has 0 aliphatic rings. The summed E-state index contributed by atoms with van der Waals surface area (Å²) >= 11 is 11.7. The second-order valence-corrected chi connectivity index (χ2v) is 5.94. The minimum absolute atomic E-state index is 0.135. The molecule has 2 unspecified atom stereocenters. The Morgan fingerprint density at radius 3 is 2.43 bits per heavy atom. The molecule has 2 aromatic rings. The van der Waals surface area contributed by atoms with E-state index in [9.17, 15) is 17.6 Å². The lowest BCUT2D eigenvalue weighted by Gasteiger charge is -2.20. The number of hydrogen-bond donors (Lipinski definition) is 0. The van der Waals surface area contributed by atoms with Gasteiger partial charge in [0.25, 0.3) is 0 Å². The van der Waals surface area contributed by atoms with E-state index < -0.39 is 29.8 Å². The third kappa shape index (κ3) is 3.43. The first-order chi connectivity index (χ1) is 9.60. The van der Waals surface area contributed by atoms with Gasteiger partial charge in [0.05, 0.1) is 27.9 Å². The summed E-state index contributed by atoms with van der Waals surface area (Å²) in [6.07, 6.45) is -5.40. The maximum atomic E-state index is 13.6. The first-order valence-electron chi connectivity index (χ1n) is 6.18. The summed E-state index contributed by atoms with van der Waals surface area (Å²) in [6.45, 7) is 2.99. The SMILES string of the molecule is CC(Cl)c1nc2cc(Cl)c(F)cc2n1C(C)CC(F)(F)F. The van der Waals surface area contributed by atoms with Gasteiger partial charge < -0.3 is 4.57 Å². The van der Waals surface area contributed by atoms with E-state index in [0.29, 0.717) is 5.52 Å². The molecule has 0 fully saturated rings. The van der Waals surface area contributed by atoms with Crippen LogP contribution >= 0.6 is 23.2 Å². The van der Waals surface area contributed by atoms with Gasteiger partial charge in [-0.25, -0.2) is 9.37 Å². The molecule has 21 heavy (non-hydrogen) atoms. The molecule has 0 amide bonds. The van der Waals surface area contributed by atoms with Crippen molar-refractivity contribution in [3.8, 4) is 0 Å². The number of halogens is 6. The highest BCUT2D eigenvalue weighted by molar-refractivity contribution is 6.31. The predicted octanol–water partition coefficient (Wildman–Crippen LogP) is 5.64. The molecule has 0 N–H and O–H groups in total. The zero-order chi connectivity index (χ0) is 15.9. The van der Waals surface area contributed by atoms with E-state index in [-0.39, 0.29) is 16.4 Å². The van der Waals surface area contributed by atoms with E-state index in [0.717, 1.165) is 6.07 Å². The highest BCUT2D eigenvalue weighted by Gasteiger charge is 2.32. The first kappa shape index (κ1) is 16.4. The molecule has 2 atom stereocenters. The molecule has 0 saturated heterocycles. The molecule has 0 aliphatic carbocycles. The Bertz CT molecular complexity index is 664. The first-order valence-corrected chi connectivity index (χ1v) is 6.99. The molecule has 0 bridgehead atoms. The van der Waals surface area contributed by atoms with E-state index in [2.05, 4.69) is 4.98 Å². The summed E-state index contributed by atoms with van der Waals surface area (Å²) < 4.78 is 52.8. The third-order valence-electron chi connectivity index (χ3n) is 3.08. The van der Waals surface area contributed by atoms with Crippen molar-refractivity contribution < 1.29 is 17.6 Å². The van der Waals surface area contributed by atoms with Gasteiger partial charge >= 0.3 is 6.18 Å². The van der Waals surface area contributed by atoms with Crippen LogP contribution in [0.25, 0.3) is 11.0 Å². The maximum Gasteiger partial charge on any atom is 0.391 e. The molecule has 0 saturated carbocycles. The topological polar surface area (TPSA) is 17.8 Å². The second-order valence-electron chi connectivity index (χ2n) is 4.88. The molecule has 2 nitrogen and oxygen atoms in total. The number of aromatic nitrogens is 2. The number of fused-ring (bicyclic) bond motifs is 1. The lowest BCUT2D eigenvalue weighted by molar-refractivity contribution is -0.141. The van der Waals surface area contributed by atoms with E-state index in [1.807, 2.05) is 0 Å². The van der Waals surface area contributed by atoms with Crippen LogP contribution in [0.1, 0.15) is 37.5 Å². The van der Waals surface area contributed by atoms with Crippen molar-refractivity contribution in [2.45, 2.75) is 37.9 Å². The number of hydrogen-bond acceptors (Lipinski definition) is 1. The van der Waals surface area contributed by atoms with Crippen molar-refractivity contribution in [1.29, 1.82) is 0 Å². The van der Waals surface area contributed by atoms with Crippen molar-refractivity contribution in [2.75, 3.05) is 0 Å². The summed E-state index contributed by atoms with van der Waals surface area (Å²) in [5.41, 5.74) is 0.564. The van der Waals surface area contributed by atoms with E-state index in [1.165, 1.54) is 17.6 Å². The molecule has 8 heteroatoms. The summed E-state index contributed by atoms with van der Waals surface area (Å²) in [5, 5.41) is -0.751. The van der Waals surface area contributed by atoms with Gasteiger partial charge in [-0.05, 0) is 19.9 Å². The molecule has 2 rings (SSSR count). The Hall–Kier alpha value is -1.01. The molecule has 0 spiro atoms. The average Bonchev–Trinajstić information content (AvgIpc) is 2.66. The Labute approximate surface area is 128 Å². The van der Waals surface area contributed by atoms with Crippen molar-refractivity contribution in [2.24, 2.45) is 0 Å². The van der Waals surface area contributed by atoms with Crippen molar-refractivity contribution in [1.82, 2.24) is 9.55 Å². The number of rotatable bonds is 3. The van der Waals surface area contributed by atoms with Gasteiger partial charge in [-0.1, -0.05) is 11.6 Å². The molecule has 0 aliphatic heterocycles. The number of benzene rings is 1. The number of imidazole rings is 1. The van der Waals surface area contributed by atoms with Gasteiger partial charge in [0, 0.05) is 12.1 Å². The molecular formula is C13H12Cl2F4N2. The van der Waals surface area contributed by atoms with Crippen LogP contribution in [-0.4, -0.2) is 15.7 Å². The van der Waals surface area contributed by atoms with Crippen LogP contribution in [0, 0.1) is 5.82 Å². The fourth-order valence-electron chi connectivity index (χ4n) is 2.28. The Balaban J connectivity index is 2.63. The van der Waals surface area contributed by atoms with Gasteiger partial charge in [0.2, 0.25) is 0 Å². The van der Waals surface area contributed by atoms with Gasteiger partial charge in [-0.3, -0.25) is 0 Å². The second kappa shape index (κ2) is 5.65. The fourth-order valence-corrected chi connectivity index (χ4v) is 2.59. The van der Waals surface area contributed by atoms with Crippen LogP contribution in [0.3, 0.4) is 0 Å². The van der Waals surface area contributed by atoms with Crippen LogP contribution in [-0.2, 0) is 0 Å². The summed E-state index contributed by atoms with van der Waals surface area (Å²) in [7, 11) is 0. The number of nitrogens with zero attached hydrogens (tertiary/aromatic N) is 2. The zero-order valence-corrected chi connectivity index (χ0v) is 12.7. The lowest BCUT2D eigenvalue weighted by atomic mass is 10.2. The summed E-state index contributed by atoms with van der Waals surface area (Å²) in [5.74, 6) is -0.455. The van der Waals surface area contributed by atoms with Crippen LogP contribution in [0.15, 0.2) is 12.1 Å². The average molecular weight is 343 g/mol. The number of alkyl halides is 4. The van der Waals surface area contributed by atoms with Gasteiger partial charge in [0.15, 0.2) is 0 Å². The largest absolute Gasteiger partial charge is 0.391 e. The molecular weight excluding hydrogens is 331 g/mol. The van der Waals surface area contributed by atoms with Gasteiger partial charge in [-0.2, -0.15) is 13.2 Å². The minimum atomic E-state index is -4.34. The smallest absolute Gasteiger partial charge is 0.323 e. The Kier molecular flexibility index (Phi) is 4.40. The molecule has 1 aromatic carbocycles. The highest BCUT2D eigenvalue weighted by atomic mass is 35.5. The van der Waals surface area contributed by atoms with Crippen molar-refractivity contribution >= 4 is 34.2 Å². The van der Waals surface area contributed by atoms with Crippen LogP contribution < -0.4 is 0 Å².